The number of anilines is 1. The minimum absolute atomic E-state index is 0.0101. The van der Waals surface area contributed by atoms with Crippen LogP contribution in [0.1, 0.15) is 18.1 Å². The van der Waals surface area contributed by atoms with Crippen LogP contribution in [0.4, 0.5) is 5.69 Å². The van der Waals surface area contributed by atoms with Gasteiger partial charge in [-0.05, 0) is 38.3 Å². The van der Waals surface area contributed by atoms with E-state index in [4.69, 9.17) is 0 Å². The molecule has 0 amide bonds. The number of nitrogens with zero attached hydrogens (tertiary/aromatic N) is 3. The Bertz CT molecular complexity index is 1080. The summed E-state index contributed by atoms with van der Waals surface area (Å²) in [5.41, 5.74) is 5.56. The number of nitrogens with one attached hydrogen (secondary N) is 1. The van der Waals surface area contributed by atoms with Crippen molar-refractivity contribution in [2.75, 3.05) is 10.5 Å². The molecule has 0 unspecified atom stereocenters. The highest BCUT2D eigenvalue weighted by Gasteiger charge is 2.17. The van der Waals surface area contributed by atoms with Crippen LogP contribution in [0.15, 0.2) is 41.7 Å². The Kier molecular flexibility index (Phi) is 4.82. The predicted molar refractivity (Wildman–Crippen MR) is 107 cm³/mol. The summed E-state index contributed by atoms with van der Waals surface area (Å²) in [5.74, 6) is 0.0101. The molecule has 7 heteroatoms. The van der Waals surface area contributed by atoms with E-state index in [1.807, 2.05) is 7.05 Å². The maximum atomic E-state index is 11.9. The van der Waals surface area contributed by atoms with Crippen LogP contribution in [0.2, 0.25) is 0 Å². The molecule has 0 saturated heterocycles. The van der Waals surface area contributed by atoms with E-state index in [9.17, 15) is 8.42 Å². The quantitative estimate of drug-likeness (QED) is 0.675. The SMILES string of the molecule is C=NCc1c(-c2cncc(NS(=O)(=O)CC)c2)n(C)c2cc(C)ccc12. The second-order valence-electron chi connectivity index (χ2n) is 6.26. The van der Waals surface area contributed by atoms with Crippen LogP contribution < -0.4 is 4.72 Å². The summed E-state index contributed by atoms with van der Waals surface area (Å²) in [6.07, 6.45) is 3.24. The molecule has 2 heterocycles. The summed E-state index contributed by atoms with van der Waals surface area (Å²) in [6.45, 7) is 7.76. The molecule has 3 aromatic rings. The van der Waals surface area contributed by atoms with Crippen molar-refractivity contribution in [2.45, 2.75) is 20.4 Å². The highest BCUT2D eigenvalue weighted by Crippen LogP contribution is 2.34. The van der Waals surface area contributed by atoms with Crippen LogP contribution in [0.25, 0.3) is 22.2 Å². The number of pyridine rings is 1. The zero-order valence-corrected chi connectivity index (χ0v) is 16.0. The van der Waals surface area contributed by atoms with Gasteiger partial charge in [0.1, 0.15) is 0 Å². The van der Waals surface area contributed by atoms with Gasteiger partial charge in [-0.1, -0.05) is 12.1 Å². The lowest BCUT2D eigenvalue weighted by atomic mass is 10.1. The Morgan fingerprint density at radius 3 is 2.73 bits per heavy atom. The highest BCUT2D eigenvalue weighted by molar-refractivity contribution is 7.92. The maximum absolute atomic E-state index is 11.9. The second kappa shape index (κ2) is 6.92. The van der Waals surface area contributed by atoms with Gasteiger partial charge in [0.2, 0.25) is 10.0 Å². The van der Waals surface area contributed by atoms with Gasteiger partial charge >= 0.3 is 0 Å². The third kappa shape index (κ3) is 3.35. The monoisotopic (exact) mass is 370 g/mol. The first-order chi connectivity index (χ1) is 12.4. The molecule has 3 rings (SSSR count). The van der Waals surface area contributed by atoms with Crippen LogP contribution in [0.3, 0.4) is 0 Å². The summed E-state index contributed by atoms with van der Waals surface area (Å²) < 4.78 is 28.4. The largest absolute Gasteiger partial charge is 0.343 e. The topological polar surface area (TPSA) is 76.3 Å². The van der Waals surface area contributed by atoms with Gasteiger partial charge < -0.3 is 4.57 Å². The molecule has 0 spiro atoms. The van der Waals surface area contributed by atoms with Gasteiger partial charge in [-0.25, -0.2) is 8.42 Å². The molecule has 0 bridgehead atoms. The molecule has 2 aromatic heterocycles. The Morgan fingerprint density at radius 1 is 1.27 bits per heavy atom. The van der Waals surface area contributed by atoms with E-state index in [1.165, 1.54) is 11.8 Å². The van der Waals surface area contributed by atoms with Crippen LogP contribution in [-0.4, -0.2) is 30.4 Å². The lowest BCUT2D eigenvalue weighted by Gasteiger charge is -2.10. The molecule has 0 saturated carbocycles. The van der Waals surface area contributed by atoms with E-state index in [1.54, 1.807) is 19.2 Å². The lowest BCUT2D eigenvalue weighted by Crippen LogP contribution is -2.14. The van der Waals surface area contributed by atoms with Crippen LogP contribution >= 0.6 is 0 Å². The summed E-state index contributed by atoms with van der Waals surface area (Å²) in [5, 5.41) is 1.11. The van der Waals surface area contributed by atoms with E-state index < -0.39 is 10.0 Å². The molecule has 0 radical (unpaired) electrons. The Labute approximate surface area is 153 Å². The smallest absolute Gasteiger partial charge is 0.232 e. The van der Waals surface area contributed by atoms with E-state index in [2.05, 4.69) is 51.1 Å². The second-order valence-corrected chi connectivity index (χ2v) is 8.27. The van der Waals surface area contributed by atoms with Crippen molar-refractivity contribution in [3.05, 3.63) is 47.8 Å². The number of aliphatic imine (C=N–C) groups is 1. The molecule has 0 atom stereocenters. The molecule has 1 N–H and O–H groups in total. The highest BCUT2D eigenvalue weighted by atomic mass is 32.2. The fraction of sp³-hybridized carbons (Fsp3) is 0.263. The summed E-state index contributed by atoms with van der Waals surface area (Å²) >= 11 is 0. The molecule has 26 heavy (non-hydrogen) atoms. The van der Waals surface area contributed by atoms with Crippen molar-refractivity contribution in [3.63, 3.8) is 0 Å². The number of fused-ring (bicyclic) bond motifs is 1. The van der Waals surface area contributed by atoms with E-state index in [0.29, 0.717) is 12.2 Å². The molecule has 1 aromatic carbocycles. The number of aromatic nitrogens is 2. The van der Waals surface area contributed by atoms with Crippen molar-refractivity contribution < 1.29 is 8.42 Å². The van der Waals surface area contributed by atoms with Gasteiger partial charge in [0.25, 0.3) is 0 Å². The minimum Gasteiger partial charge on any atom is -0.343 e. The summed E-state index contributed by atoms with van der Waals surface area (Å²) in [6, 6.07) is 8.09. The van der Waals surface area contributed by atoms with Crippen molar-refractivity contribution in [3.8, 4) is 11.3 Å². The zero-order chi connectivity index (χ0) is 18.9. The standard InChI is InChI=1S/C19H22N4O2S/c1-5-26(24,25)22-15-9-14(10-21-11-15)19-17(12-20-3)16-7-6-13(2)8-18(16)23(19)4/h6-11,22H,3,5,12H2,1-2,4H3. The molecule has 0 fully saturated rings. The van der Waals surface area contributed by atoms with Gasteiger partial charge in [0.05, 0.1) is 29.9 Å². The first-order valence-electron chi connectivity index (χ1n) is 8.32. The fourth-order valence-corrected chi connectivity index (χ4v) is 3.76. The van der Waals surface area contributed by atoms with E-state index in [-0.39, 0.29) is 5.75 Å². The fourth-order valence-electron chi connectivity index (χ4n) is 3.14. The average Bonchev–Trinajstić information content (AvgIpc) is 2.87. The normalized spacial score (nSPS) is 11.7. The third-order valence-corrected chi connectivity index (χ3v) is 5.70. The van der Waals surface area contributed by atoms with Gasteiger partial charge in [0.15, 0.2) is 0 Å². The molecule has 0 aliphatic carbocycles. The third-order valence-electron chi connectivity index (χ3n) is 4.40. The first kappa shape index (κ1) is 18.1. The maximum Gasteiger partial charge on any atom is 0.232 e. The molecular formula is C19H22N4O2S. The van der Waals surface area contributed by atoms with E-state index >= 15 is 0 Å². The van der Waals surface area contributed by atoms with Gasteiger partial charge in [-0.2, -0.15) is 0 Å². The lowest BCUT2D eigenvalue weighted by molar-refractivity contribution is 0.602. The average molecular weight is 370 g/mol. The van der Waals surface area contributed by atoms with Crippen molar-refractivity contribution in [1.82, 2.24) is 9.55 Å². The molecule has 136 valence electrons. The first-order valence-corrected chi connectivity index (χ1v) is 9.98. The molecule has 0 aliphatic heterocycles. The number of hydrogen-bond donors (Lipinski definition) is 1. The van der Waals surface area contributed by atoms with Crippen molar-refractivity contribution >= 4 is 33.3 Å². The van der Waals surface area contributed by atoms with Gasteiger partial charge in [0, 0.05) is 35.3 Å². The number of hydrogen-bond acceptors (Lipinski definition) is 4. The zero-order valence-electron chi connectivity index (χ0n) is 15.2. The predicted octanol–water partition coefficient (Wildman–Crippen LogP) is 3.51. The van der Waals surface area contributed by atoms with Gasteiger partial charge in [-0.3, -0.25) is 14.7 Å². The molecule has 6 nitrogen and oxygen atoms in total. The minimum atomic E-state index is -3.36. The van der Waals surface area contributed by atoms with E-state index in [0.717, 1.165) is 27.7 Å². The van der Waals surface area contributed by atoms with Crippen molar-refractivity contribution in [2.24, 2.45) is 12.0 Å². The van der Waals surface area contributed by atoms with Crippen molar-refractivity contribution in [1.29, 1.82) is 0 Å². The van der Waals surface area contributed by atoms with Gasteiger partial charge in [-0.15, -0.1) is 0 Å². The summed E-state index contributed by atoms with van der Waals surface area (Å²) in [7, 11) is -1.36. The van der Waals surface area contributed by atoms with Crippen LogP contribution in [0.5, 0.6) is 0 Å². The number of sulfonamides is 1. The molecule has 0 aliphatic rings. The Balaban J connectivity index is 2.20. The Morgan fingerprint density at radius 2 is 2.04 bits per heavy atom. The number of benzene rings is 1. The number of rotatable bonds is 6. The number of aryl methyl sites for hydroxylation is 2. The van der Waals surface area contributed by atoms with Crippen LogP contribution in [-0.2, 0) is 23.6 Å². The summed E-state index contributed by atoms with van der Waals surface area (Å²) in [4.78, 5) is 8.30. The molecular weight excluding hydrogens is 348 g/mol. The Hall–Kier alpha value is -2.67. The van der Waals surface area contributed by atoms with Crippen LogP contribution in [0, 0.1) is 6.92 Å².